The van der Waals surface area contributed by atoms with Gasteiger partial charge in [-0.25, -0.2) is 4.79 Å². The number of aliphatic hydroxyl groups excluding tert-OH is 1. The van der Waals surface area contributed by atoms with Crippen LogP contribution in [0.2, 0.25) is 0 Å². The van der Waals surface area contributed by atoms with Crippen molar-refractivity contribution in [3.8, 4) is 0 Å². The molecule has 10 nitrogen and oxygen atoms in total. The maximum absolute atomic E-state index is 13.5. The van der Waals surface area contributed by atoms with Gasteiger partial charge in [0.1, 0.15) is 5.52 Å². The summed E-state index contributed by atoms with van der Waals surface area (Å²) in [5, 5.41) is 33.1. The summed E-state index contributed by atoms with van der Waals surface area (Å²) in [4.78, 5) is 32.5. The molecule has 36 heavy (non-hydrogen) atoms. The third kappa shape index (κ3) is 7.19. The number of amides is 2. The SMILES string of the molecule is CCN(C)c1nc2ccc(C(=O)N(C[C@@H](O)[C@H](Cc3ccccc3)NC(=O)O)CC(C)(C)O)cc2o1. The van der Waals surface area contributed by atoms with Crippen molar-refractivity contribution in [2.24, 2.45) is 0 Å². The number of hydrogen-bond acceptors (Lipinski definition) is 7. The molecule has 0 aliphatic heterocycles. The summed E-state index contributed by atoms with van der Waals surface area (Å²) in [7, 11) is 1.85. The Morgan fingerprint density at radius 2 is 1.86 bits per heavy atom. The van der Waals surface area contributed by atoms with E-state index in [0.717, 1.165) is 5.56 Å². The molecule has 1 aromatic heterocycles. The number of nitrogens with zero attached hydrogens (tertiary/aromatic N) is 3. The van der Waals surface area contributed by atoms with Crippen LogP contribution in [0.3, 0.4) is 0 Å². The lowest BCUT2D eigenvalue weighted by molar-refractivity contribution is 0.0116. The van der Waals surface area contributed by atoms with Crippen molar-refractivity contribution in [3.05, 3.63) is 59.7 Å². The molecule has 0 saturated carbocycles. The summed E-state index contributed by atoms with van der Waals surface area (Å²) in [6.07, 6.45) is -2.28. The molecular formula is C26H34N4O6. The van der Waals surface area contributed by atoms with E-state index in [2.05, 4.69) is 10.3 Å². The summed E-state index contributed by atoms with van der Waals surface area (Å²) < 4.78 is 5.79. The molecule has 10 heteroatoms. The number of anilines is 1. The fraction of sp³-hybridized carbons (Fsp3) is 0.423. The highest BCUT2D eigenvalue weighted by Gasteiger charge is 2.30. The Bertz CT molecular complexity index is 1170. The lowest BCUT2D eigenvalue weighted by Gasteiger charge is -2.33. The first-order valence-corrected chi connectivity index (χ1v) is 11.8. The third-order valence-electron chi connectivity index (χ3n) is 5.77. The van der Waals surface area contributed by atoms with Gasteiger partial charge in [0.15, 0.2) is 5.58 Å². The smallest absolute Gasteiger partial charge is 0.404 e. The van der Waals surface area contributed by atoms with Crippen molar-refractivity contribution in [1.82, 2.24) is 15.2 Å². The van der Waals surface area contributed by atoms with Crippen LogP contribution >= 0.6 is 0 Å². The lowest BCUT2D eigenvalue weighted by Crippen LogP contribution is -2.52. The van der Waals surface area contributed by atoms with Gasteiger partial charge in [-0.05, 0) is 51.0 Å². The second-order valence-corrected chi connectivity index (χ2v) is 9.50. The maximum atomic E-state index is 13.5. The minimum atomic E-state index is -1.28. The van der Waals surface area contributed by atoms with E-state index in [1.807, 2.05) is 49.2 Å². The van der Waals surface area contributed by atoms with Gasteiger partial charge in [0.25, 0.3) is 11.9 Å². The van der Waals surface area contributed by atoms with Crippen LogP contribution in [0.1, 0.15) is 36.7 Å². The van der Waals surface area contributed by atoms with E-state index in [-0.39, 0.29) is 19.5 Å². The Morgan fingerprint density at radius 3 is 2.47 bits per heavy atom. The van der Waals surface area contributed by atoms with Gasteiger partial charge in [0, 0.05) is 32.2 Å². The van der Waals surface area contributed by atoms with Crippen molar-refractivity contribution in [2.75, 3.05) is 31.6 Å². The minimum Gasteiger partial charge on any atom is -0.465 e. The summed E-state index contributed by atoms with van der Waals surface area (Å²) in [6.45, 7) is 5.51. The lowest BCUT2D eigenvalue weighted by atomic mass is 10.00. The zero-order valence-electron chi connectivity index (χ0n) is 21.0. The van der Waals surface area contributed by atoms with Crippen LogP contribution < -0.4 is 10.2 Å². The molecule has 0 spiro atoms. The highest BCUT2D eigenvalue weighted by molar-refractivity contribution is 5.97. The van der Waals surface area contributed by atoms with Gasteiger partial charge < -0.3 is 34.9 Å². The Labute approximate surface area is 210 Å². The van der Waals surface area contributed by atoms with Gasteiger partial charge >= 0.3 is 6.09 Å². The van der Waals surface area contributed by atoms with Crippen molar-refractivity contribution < 1.29 is 29.3 Å². The van der Waals surface area contributed by atoms with Gasteiger partial charge in [-0.1, -0.05) is 30.3 Å². The Morgan fingerprint density at radius 1 is 1.17 bits per heavy atom. The van der Waals surface area contributed by atoms with E-state index in [0.29, 0.717) is 29.2 Å². The molecule has 2 aromatic carbocycles. The van der Waals surface area contributed by atoms with Crippen LogP contribution in [-0.4, -0.2) is 81.6 Å². The van der Waals surface area contributed by atoms with Crippen LogP contribution in [-0.2, 0) is 6.42 Å². The molecule has 194 valence electrons. The summed E-state index contributed by atoms with van der Waals surface area (Å²) in [6, 6.07) is 13.6. The van der Waals surface area contributed by atoms with Crippen LogP contribution in [0, 0.1) is 0 Å². The number of fused-ring (bicyclic) bond motifs is 1. The molecular weight excluding hydrogens is 464 g/mol. The molecule has 0 fully saturated rings. The standard InChI is InChI=1S/C26H34N4O6/c1-5-29(4)24-27-19-12-11-18(14-22(19)36-24)23(32)30(16-26(2,3)35)15-21(31)20(28-25(33)34)13-17-9-7-6-8-10-17/h6-12,14,20-21,28,31,35H,5,13,15-16H2,1-4H3,(H,33,34)/t20-,21+/m0/s1. The first-order chi connectivity index (χ1) is 17.0. The molecule has 0 saturated heterocycles. The predicted octanol–water partition coefficient (Wildman–Crippen LogP) is 2.74. The van der Waals surface area contributed by atoms with Crippen molar-refractivity contribution in [3.63, 3.8) is 0 Å². The molecule has 4 N–H and O–H groups in total. The molecule has 1 heterocycles. The van der Waals surface area contributed by atoms with Crippen LogP contribution in [0.25, 0.3) is 11.1 Å². The second-order valence-electron chi connectivity index (χ2n) is 9.50. The van der Waals surface area contributed by atoms with Crippen molar-refractivity contribution >= 4 is 29.1 Å². The van der Waals surface area contributed by atoms with E-state index in [4.69, 9.17) is 4.42 Å². The number of hydrogen-bond donors (Lipinski definition) is 4. The fourth-order valence-electron chi connectivity index (χ4n) is 3.88. The van der Waals surface area contributed by atoms with Gasteiger partial charge in [0.05, 0.1) is 17.7 Å². The quantitative estimate of drug-likeness (QED) is 0.316. The zero-order chi connectivity index (χ0) is 26.5. The van der Waals surface area contributed by atoms with Gasteiger partial charge in [-0.15, -0.1) is 0 Å². The van der Waals surface area contributed by atoms with E-state index in [9.17, 15) is 24.9 Å². The zero-order valence-corrected chi connectivity index (χ0v) is 21.0. The van der Waals surface area contributed by atoms with Gasteiger partial charge in [-0.3, -0.25) is 4.79 Å². The molecule has 0 aliphatic carbocycles. The van der Waals surface area contributed by atoms with Gasteiger partial charge in [-0.2, -0.15) is 4.98 Å². The first-order valence-electron chi connectivity index (χ1n) is 11.8. The Balaban J connectivity index is 1.86. The number of aliphatic hydroxyl groups is 2. The number of rotatable bonds is 11. The van der Waals surface area contributed by atoms with Crippen molar-refractivity contribution in [1.29, 1.82) is 0 Å². The van der Waals surface area contributed by atoms with Crippen LogP contribution in [0.4, 0.5) is 10.8 Å². The summed E-state index contributed by atoms with van der Waals surface area (Å²) in [5.74, 6) is -0.436. The first kappa shape index (κ1) is 27.0. The third-order valence-corrected chi connectivity index (χ3v) is 5.77. The number of nitrogens with one attached hydrogen (secondary N) is 1. The van der Waals surface area contributed by atoms with Crippen LogP contribution in [0.5, 0.6) is 0 Å². The molecule has 0 unspecified atom stereocenters. The minimum absolute atomic E-state index is 0.0771. The Hall–Kier alpha value is -3.63. The number of benzene rings is 2. The van der Waals surface area contributed by atoms with Crippen LogP contribution in [0.15, 0.2) is 52.9 Å². The normalized spacial score (nSPS) is 13.3. The topological polar surface area (TPSA) is 139 Å². The van der Waals surface area contributed by atoms with E-state index >= 15 is 0 Å². The van der Waals surface area contributed by atoms with E-state index in [1.165, 1.54) is 4.90 Å². The summed E-state index contributed by atoms with van der Waals surface area (Å²) >= 11 is 0. The Kier molecular flexibility index (Phi) is 8.54. The molecule has 0 radical (unpaired) electrons. The molecule has 0 aliphatic rings. The monoisotopic (exact) mass is 498 g/mol. The molecule has 2 amide bonds. The summed E-state index contributed by atoms with van der Waals surface area (Å²) in [5.41, 5.74) is 0.919. The highest BCUT2D eigenvalue weighted by Crippen LogP contribution is 2.23. The van der Waals surface area contributed by atoms with E-state index < -0.39 is 29.7 Å². The fourth-order valence-corrected chi connectivity index (χ4v) is 3.88. The second kappa shape index (κ2) is 11.4. The number of carboxylic acid groups (broad SMARTS) is 1. The maximum Gasteiger partial charge on any atom is 0.404 e. The molecule has 0 bridgehead atoms. The van der Waals surface area contributed by atoms with Crippen molar-refractivity contribution in [2.45, 2.75) is 44.9 Å². The number of carbonyl (C=O) groups excluding carboxylic acids is 1. The molecule has 3 rings (SSSR count). The predicted molar refractivity (Wildman–Crippen MR) is 136 cm³/mol. The number of aromatic nitrogens is 1. The van der Waals surface area contributed by atoms with E-state index in [1.54, 1.807) is 32.0 Å². The highest BCUT2D eigenvalue weighted by atomic mass is 16.4. The number of carbonyl (C=O) groups is 2. The van der Waals surface area contributed by atoms with Gasteiger partial charge in [0.2, 0.25) is 0 Å². The average molecular weight is 499 g/mol. The molecule has 2 atom stereocenters. The largest absolute Gasteiger partial charge is 0.465 e. The molecule has 3 aromatic rings. The average Bonchev–Trinajstić information content (AvgIpc) is 3.25. The number of oxazole rings is 1.